The van der Waals surface area contributed by atoms with E-state index in [1.165, 1.54) is 25.7 Å². The van der Waals surface area contributed by atoms with Gasteiger partial charge in [-0.15, -0.1) is 0 Å². The number of benzene rings is 1. The summed E-state index contributed by atoms with van der Waals surface area (Å²) in [6.45, 7) is 0. The third kappa shape index (κ3) is 2.13. The lowest BCUT2D eigenvalue weighted by molar-refractivity contribution is -0.118. The molecule has 1 saturated heterocycles. The highest BCUT2D eigenvalue weighted by atomic mass is 35.5. The number of fused-ring (bicyclic) bond motifs is 5. The van der Waals surface area contributed by atoms with Gasteiger partial charge in [0.2, 0.25) is 5.91 Å². The molecular formula is C16H18Cl2N2O. The highest BCUT2D eigenvalue weighted by Crippen LogP contribution is 2.46. The fourth-order valence-electron chi connectivity index (χ4n) is 4.30. The highest BCUT2D eigenvalue weighted by Gasteiger charge is 2.44. The number of amides is 1. The second kappa shape index (κ2) is 5.06. The van der Waals surface area contributed by atoms with Gasteiger partial charge in [-0.1, -0.05) is 36.0 Å². The molecule has 3 unspecified atom stereocenters. The molecule has 1 N–H and O–H groups in total. The summed E-state index contributed by atoms with van der Waals surface area (Å²) in [5.74, 6) is 0.813. The van der Waals surface area contributed by atoms with Gasteiger partial charge in [0.1, 0.15) is 6.04 Å². The van der Waals surface area contributed by atoms with E-state index in [2.05, 4.69) is 10.2 Å². The van der Waals surface area contributed by atoms with Crippen LogP contribution in [0.1, 0.15) is 38.5 Å². The molecule has 1 aromatic rings. The fourth-order valence-corrected chi connectivity index (χ4v) is 4.62. The van der Waals surface area contributed by atoms with Crippen molar-refractivity contribution in [2.75, 3.05) is 10.2 Å². The summed E-state index contributed by atoms with van der Waals surface area (Å²) < 4.78 is 0. The van der Waals surface area contributed by atoms with Gasteiger partial charge in [-0.2, -0.15) is 0 Å². The van der Waals surface area contributed by atoms with E-state index < -0.39 is 0 Å². The van der Waals surface area contributed by atoms with Crippen LogP contribution in [0.3, 0.4) is 0 Å². The summed E-state index contributed by atoms with van der Waals surface area (Å²) in [6, 6.07) is 4.12. The predicted octanol–water partition coefficient (Wildman–Crippen LogP) is 4.47. The first-order chi connectivity index (χ1) is 10.1. The molecule has 0 bridgehead atoms. The standard InChI is InChI=1S/C16H18Cl2N2O/c17-10-7-12-15(8-11(10)18)20-13-4-2-1-3-9(13)5-6-14(20)16(21)19-12/h7-9,13-14H,1-6H2,(H,19,21). The topological polar surface area (TPSA) is 32.3 Å². The van der Waals surface area contributed by atoms with Gasteiger partial charge >= 0.3 is 0 Å². The molecule has 5 heteroatoms. The number of nitrogens with zero attached hydrogens (tertiary/aromatic N) is 1. The van der Waals surface area contributed by atoms with Crippen LogP contribution < -0.4 is 10.2 Å². The Balaban J connectivity index is 1.82. The van der Waals surface area contributed by atoms with Crippen LogP contribution in [-0.4, -0.2) is 18.0 Å². The molecule has 0 radical (unpaired) electrons. The largest absolute Gasteiger partial charge is 0.355 e. The maximum Gasteiger partial charge on any atom is 0.247 e. The van der Waals surface area contributed by atoms with Gasteiger partial charge in [0, 0.05) is 6.04 Å². The maximum atomic E-state index is 12.4. The number of carbonyl (C=O) groups is 1. The number of piperidine rings is 1. The van der Waals surface area contributed by atoms with Crippen molar-refractivity contribution >= 4 is 40.5 Å². The SMILES string of the molecule is O=C1Nc2cc(Cl)c(Cl)cc2N2C1CCC1CCCCC12. The molecular weight excluding hydrogens is 307 g/mol. The first-order valence-electron chi connectivity index (χ1n) is 7.73. The van der Waals surface area contributed by atoms with Crippen molar-refractivity contribution in [2.24, 2.45) is 5.92 Å². The third-order valence-electron chi connectivity index (χ3n) is 5.25. The van der Waals surface area contributed by atoms with Crippen LogP contribution in [-0.2, 0) is 4.79 Å². The Morgan fingerprint density at radius 1 is 1.05 bits per heavy atom. The average Bonchev–Trinajstić information content (AvgIpc) is 2.49. The van der Waals surface area contributed by atoms with Gasteiger partial charge in [-0.05, 0) is 43.7 Å². The van der Waals surface area contributed by atoms with Crippen LogP contribution in [0.2, 0.25) is 10.0 Å². The number of hydrogen-bond donors (Lipinski definition) is 1. The minimum absolute atomic E-state index is 0.0471. The number of nitrogens with one attached hydrogen (secondary N) is 1. The minimum atomic E-state index is -0.0471. The van der Waals surface area contributed by atoms with E-state index in [9.17, 15) is 4.79 Å². The summed E-state index contributed by atoms with van der Waals surface area (Å²) in [5, 5.41) is 4.05. The van der Waals surface area contributed by atoms with E-state index >= 15 is 0 Å². The van der Waals surface area contributed by atoms with Gasteiger partial charge in [0.05, 0.1) is 21.4 Å². The number of halogens is 2. The van der Waals surface area contributed by atoms with E-state index in [-0.39, 0.29) is 11.9 Å². The Morgan fingerprint density at radius 3 is 2.67 bits per heavy atom. The van der Waals surface area contributed by atoms with Crippen molar-refractivity contribution in [2.45, 2.75) is 50.6 Å². The van der Waals surface area contributed by atoms with Gasteiger partial charge in [0.25, 0.3) is 0 Å². The summed E-state index contributed by atoms with van der Waals surface area (Å²) in [5.41, 5.74) is 1.85. The number of anilines is 2. The van der Waals surface area contributed by atoms with Crippen LogP contribution in [0, 0.1) is 5.92 Å². The number of carbonyl (C=O) groups excluding carboxylic acids is 1. The Bertz CT molecular complexity index is 604. The summed E-state index contributed by atoms with van der Waals surface area (Å²) in [4.78, 5) is 14.8. The highest BCUT2D eigenvalue weighted by molar-refractivity contribution is 6.42. The number of hydrogen-bond acceptors (Lipinski definition) is 2. The van der Waals surface area contributed by atoms with Gasteiger partial charge in [0.15, 0.2) is 0 Å². The van der Waals surface area contributed by atoms with Crippen LogP contribution >= 0.6 is 23.2 Å². The zero-order valence-electron chi connectivity index (χ0n) is 11.7. The van der Waals surface area contributed by atoms with Crippen LogP contribution in [0.5, 0.6) is 0 Å². The summed E-state index contributed by atoms with van der Waals surface area (Å²) in [6.07, 6.45) is 7.13. The molecule has 0 spiro atoms. The Morgan fingerprint density at radius 2 is 1.81 bits per heavy atom. The molecule has 1 amide bonds. The molecule has 2 aliphatic heterocycles. The molecule has 2 heterocycles. The molecule has 0 aromatic heterocycles. The predicted molar refractivity (Wildman–Crippen MR) is 86.3 cm³/mol. The first-order valence-corrected chi connectivity index (χ1v) is 8.49. The molecule has 3 atom stereocenters. The average molecular weight is 325 g/mol. The van der Waals surface area contributed by atoms with Crippen molar-refractivity contribution in [3.8, 4) is 0 Å². The van der Waals surface area contributed by atoms with Crippen LogP contribution in [0.4, 0.5) is 11.4 Å². The van der Waals surface area contributed by atoms with Gasteiger partial charge < -0.3 is 10.2 Å². The second-order valence-electron chi connectivity index (χ2n) is 6.39. The molecule has 2 fully saturated rings. The van der Waals surface area contributed by atoms with Crippen LogP contribution in [0.25, 0.3) is 0 Å². The molecule has 21 heavy (non-hydrogen) atoms. The van der Waals surface area contributed by atoms with E-state index in [0.29, 0.717) is 22.0 Å². The second-order valence-corrected chi connectivity index (χ2v) is 7.20. The van der Waals surface area contributed by atoms with E-state index in [1.54, 1.807) is 6.07 Å². The lowest BCUT2D eigenvalue weighted by Gasteiger charge is -2.51. The van der Waals surface area contributed by atoms with E-state index in [1.807, 2.05) is 6.07 Å². The van der Waals surface area contributed by atoms with Crippen molar-refractivity contribution in [1.29, 1.82) is 0 Å². The Kier molecular flexibility index (Phi) is 3.31. The molecule has 1 saturated carbocycles. The Labute approximate surface area is 134 Å². The van der Waals surface area contributed by atoms with Gasteiger partial charge in [-0.3, -0.25) is 4.79 Å². The van der Waals surface area contributed by atoms with E-state index in [4.69, 9.17) is 23.2 Å². The molecule has 4 rings (SSSR count). The summed E-state index contributed by atoms with van der Waals surface area (Å²) >= 11 is 12.3. The molecule has 3 nitrogen and oxygen atoms in total. The first kappa shape index (κ1) is 13.7. The molecule has 3 aliphatic rings. The smallest absolute Gasteiger partial charge is 0.247 e. The number of rotatable bonds is 0. The zero-order chi connectivity index (χ0) is 14.6. The van der Waals surface area contributed by atoms with Crippen molar-refractivity contribution in [3.05, 3.63) is 22.2 Å². The van der Waals surface area contributed by atoms with Crippen molar-refractivity contribution < 1.29 is 4.79 Å². The molecule has 1 aromatic carbocycles. The van der Waals surface area contributed by atoms with E-state index in [0.717, 1.165) is 24.2 Å². The third-order valence-corrected chi connectivity index (χ3v) is 5.97. The van der Waals surface area contributed by atoms with Crippen molar-refractivity contribution in [3.63, 3.8) is 0 Å². The molecule has 1 aliphatic carbocycles. The Hall–Kier alpha value is -0.930. The maximum absolute atomic E-state index is 12.4. The quantitative estimate of drug-likeness (QED) is 0.763. The monoisotopic (exact) mass is 324 g/mol. The molecule has 112 valence electrons. The lowest BCUT2D eigenvalue weighted by Crippen LogP contribution is -2.58. The van der Waals surface area contributed by atoms with Gasteiger partial charge in [-0.25, -0.2) is 0 Å². The zero-order valence-corrected chi connectivity index (χ0v) is 13.3. The minimum Gasteiger partial charge on any atom is -0.355 e. The summed E-state index contributed by atoms with van der Waals surface area (Å²) in [7, 11) is 0. The van der Waals surface area contributed by atoms with Crippen LogP contribution in [0.15, 0.2) is 12.1 Å². The fraction of sp³-hybridized carbons (Fsp3) is 0.562. The lowest BCUT2D eigenvalue weighted by atomic mass is 9.75. The van der Waals surface area contributed by atoms with Crippen molar-refractivity contribution in [1.82, 2.24) is 0 Å². The normalized spacial score (nSPS) is 31.0.